The van der Waals surface area contributed by atoms with E-state index in [4.69, 9.17) is 4.74 Å². The van der Waals surface area contributed by atoms with Crippen LogP contribution in [0.1, 0.15) is 284 Å². The molecule has 0 bridgehead atoms. The molecule has 0 aromatic carbocycles. The lowest BCUT2D eigenvalue weighted by atomic mass is 10.0. The lowest BCUT2D eigenvalue weighted by Crippen LogP contribution is -2.45. The Labute approximate surface area is 373 Å². The Morgan fingerprint density at radius 1 is 0.450 bits per heavy atom. The van der Waals surface area contributed by atoms with Crippen molar-refractivity contribution in [3.05, 3.63) is 24.3 Å². The summed E-state index contributed by atoms with van der Waals surface area (Å²) in [5.74, 6) is -0.109. The third-order valence-electron chi connectivity index (χ3n) is 12.2. The van der Waals surface area contributed by atoms with Crippen LogP contribution in [0.3, 0.4) is 0 Å². The van der Waals surface area contributed by atoms with E-state index in [2.05, 4.69) is 31.3 Å². The molecule has 2 unspecified atom stereocenters. The number of ether oxygens (including phenoxy) is 1. The Hall–Kier alpha value is -1.66. The Bertz CT molecular complexity index is 935. The predicted octanol–water partition coefficient (Wildman–Crippen LogP) is 15.9. The quantitative estimate of drug-likeness (QED) is 0.0322. The van der Waals surface area contributed by atoms with Crippen LogP contribution >= 0.6 is 0 Å². The molecule has 0 radical (unpaired) electrons. The van der Waals surface area contributed by atoms with Gasteiger partial charge in [-0.2, -0.15) is 0 Å². The van der Waals surface area contributed by atoms with Gasteiger partial charge in [0.25, 0.3) is 0 Å². The van der Waals surface area contributed by atoms with E-state index in [-0.39, 0.29) is 18.5 Å². The molecule has 6 nitrogen and oxygen atoms in total. The van der Waals surface area contributed by atoms with Crippen LogP contribution < -0.4 is 5.32 Å². The molecule has 0 aliphatic carbocycles. The van der Waals surface area contributed by atoms with Gasteiger partial charge >= 0.3 is 5.97 Å². The lowest BCUT2D eigenvalue weighted by molar-refractivity contribution is -0.143. The number of carbonyl (C=O) groups is 2. The standard InChI is InChI=1S/C54H103NO5/c1-3-5-7-9-11-13-15-17-19-21-23-26-30-34-38-42-46-52(57)51(50-56)55-53(58)47-43-39-35-31-27-25-29-33-37-41-45-49-60-54(59)48-44-40-36-32-28-24-22-20-18-16-14-12-10-8-6-4-2/h20,22,42,46,51-52,56-57H,3-19,21,23-41,43-45,47-50H2,1-2H3,(H,55,58)/b22-20-,46-42+. The van der Waals surface area contributed by atoms with Crippen molar-refractivity contribution < 1.29 is 24.5 Å². The molecular formula is C54H103NO5. The second kappa shape index (κ2) is 50.0. The lowest BCUT2D eigenvalue weighted by Gasteiger charge is -2.20. The first-order valence-corrected chi connectivity index (χ1v) is 26.6. The number of esters is 1. The van der Waals surface area contributed by atoms with Gasteiger partial charge in [0.1, 0.15) is 0 Å². The Kier molecular flexibility index (Phi) is 48.6. The van der Waals surface area contributed by atoms with Crippen LogP contribution in [-0.4, -0.2) is 47.4 Å². The normalized spacial score (nSPS) is 12.8. The summed E-state index contributed by atoms with van der Waals surface area (Å²) in [6.07, 6.45) is 58.9. The molecule has 0 spiro atoms. The van der Waals surface area contributed by atoms with Gasteiger partial charge in [-0.05, 0) is 57.8 Å². The third-order valence-corrected chi connectivity index (χ3v) is 12.2. The monoisotopic (exact) mass is 846 g/mol. The molecule has 60 heavy (non-hydrogen) atoms. The molecule has 0 aliphatic heterocycles. The van der Waals surface area contributed by atoms with E-state index >= 15 is 0 Å². The summed E-state index contributed by atoms with van der Waals surface area (Å²) in [7, 11) is 0. The molecule has 0 rings (SSSR count). The summed E-state index contributed by atoms with van der Waals surface area (Å²) in [5, 5.41) is 23.1. The zero-order valence-electron chi connectivity index (χ0n) is 40.2. The fraction of sp³-hybridized carbons (Fsp3) is 0.889. The Morgan fingerprint density at radius 2 is 0.783 bits per heavy atom. The van der Waals surface area contributed by atoms with Crippen molar-refractivity contribution in [2.45, 2.75) is 296 Å². The number of amides is 1. The van der Waals surface area contributed by atoms with Crippen LogP contribution in [-0.2, 0) is 14.3 Å². The number of carbonyl (C=O) groups excluding carboxylic acids is 2. The van der Waals surface area contributed by atoms with E-state index < -0.39 is 12.1 Å². The minimum atomic E-state index is -0.856. The molecule has 354 valence electrons. The van der Waals surface area contributed by atoms with E-state index in [0.717, 1.165) is 57.8 Å². The fourth-order valence-electron chi connectivity index (χ4n) is 8.10. The molecule has 0 heterocycles. The molecule has 1 amide bonds. The number of unbranched alkanes of at least 4 members (excludes halogenated alkanes) is 36. The predicted molar refractivity (Wildman–Crippen MR) is 260 cm³/mol. The average molecular weight is 846 g/mol. The van der Waals surface area contributed by atoms with E-state index in [1.807, 2.05) is 6.08 Å². The fourth-order valence-corrected chi connectivity index (χ4v) is 8.10. The number of nitrogens with one attached hydrogen (secondary N) is 1. The minimum absolute atomic E-state index is 0.0228. The first-order valence-electron chi connectivity index (χ1n) is 26.6. The van der Waals surface area contributed by atoms with Gasteiger partial charge in [-0.3, -0.25) is 9.59 Å². The second-order valence-corrected chi connectivity index (χ2v) is 18.2. The number of hydrogen-bond acceptors (Lipinski definition) is 5. The van der Waals surface area contributed by atoms with Crippen LogP contribution in [0.5, 0.6) is 0 Å². The summed E-state index contributed by atoms with van der Waals surface area (Å²) in [6, 6.07) is -0.642. The molecule has 2 atom stereocenters. The highest BCUT2D eigenvalue weighted by Crippen LogP contribution is 2.16. The van der Waals surface area contributed by atoms with Crippen molar-refractivity contribution in [2.24, 2.45) is 0 Å². The molecule has 3 N–H and O–H groups in total. The van der Waals surface area contributed by atoms with Crippen molar-refractivity contribution in [3.63, 3.8) is 0 Å². The van der Waals surface area contributed by atoms with Crippen LogP contribution in [0.25, 0.3) is 0 Å². The Morgan fingerprint density at radius 3 is 1.18 bits per heavy atom. The molecule has 0 aromatic heterocycles. The van der Waals surface area contributed by atoms with Gasteiger partial charge in [0.2, 0.25) is 5.91 Å². The first-order chi connectivity index (χ1) is 29.5. The van der Waals surface area contributed by atoms with Crippen LogP contribution in [0.15, 0.2) is 24.3 Å². The zero-order chi connectivity index (χ0) is 43.7. The maximum absolute atomic E-state index is 12.4. The molecule has 6 heteroatoms. The number of aliphatic hydroxyl groups is 2. The Balaban J connectivity index is 3.50. The van der Waals surface area contributed by atoms with E-state index in [1.54, 1.807) is 6.08 Å². The highest BCUT2D eigenvalue weighted by molar-refractivity contribution is 5.76. The maximum atomic E-state index is 12.4. The van der Waals surface area contributed by atoms with Gasteiger partial charge in [0.15, 0.2) is 0 Å². The van der Waals surface area contributed by atoms with Crippen molar-refractivity contribution in [1.82, 2.24) is 5.32 Å². The van der Waals surface area contributed by atoms with Gasteiger partial charge in [-0.15, -0.1) is 0 Å². The van der Waals surface area contributed by atoms with Gasteiger partial charge < -0.3 is 20.3 Å². The van der Waals surface area contributed by atoms with Crippen LogP contribution in [0.4, 0.5) is 0 Å². The minimum Gasteiger partial charge on any atom is -0.466 e. The summed E-state index contributed by atoms with van der Waals surface area (Å²) in [4.78, 5) is 24.5. The summed E-state index contributed by atoms with van der Waals surface area (Å²) in [5.41, 5.74) is 0. The van der Waals surface area contributed by atoms with Gasteiger partial charge in [0.05, 0.1) is 25.4 Å². The smallest absolute Gasteiger partial charge is 0.305 e. The summed E-state index contributed by atoms with van der Waals surface area (Å²) >= 11 is 0. The summed E-state index contributed by atoms with van der Waals surface area (Å²) in [6.45, 7) is 4.86. The zero-order valence-corrected chi connectivity index (χ0v) is 40.2. The third kappa shape index (κ3) is 45.9. The van der Waals surface area contributed by atoms with Crippen LogP contribution in [0, 0.1) is 0 Å². The van der Waals surface area contributed by atoms with Gasteiger partial charge in [0, 0.05) is 12.8 Å². The van der Waals surface area contributed by atoms with Gasteiger partial charge in [-0.25, -0.2) is 0 Å². The van der Waals surface area contributed by atoms with Gasteiger partial charge in [-0.1, -0.05) is 237 Å². The average Bonchev–Trinajstić information content (AvgIpc) is 3.25. The molecule has 0 saturated heterocycles. The number of aliphatic hydroxyl groups excluding tert-OH is 2. The number of rotatable bonds is 49. The molecule has 0 aliphatic rings. The second-order valence-electron chi connectivity index (χ2n) is 18.2. The topological polar surface area (TPSA) is 95.9 Å². The first kappa shape index (κ1) is 58.3. The largest absolute Gasteiger partial charge is 0.466 e. The van der Waals surface area contributed by atoms with E-state index in [0.29, 0.717) is 19.4 Å². The molecular weight excluding hydrogens is 743 g/mol. The van der Waals surface area contributed by atoms with Crippen LogP contribution in [0.2, 0.25) is 0 Å². The summed E-state index contributed by atoms with van der Waals surface area (Å²) < 4.78 is 5.46. The van der Waals surface area contributed by atoms with Crippen molar-refractivity contribution in [1.29, 1.82) is 0 Å². The molecule has 0 aromatic rings. The van der Waals surface area contributed by atoms with E-state index in [1.165, 1.54) is 199 Å². The molecule has 0 fully saturated rings. The SMILES string of the molecule is CCCCCCCCC/C=C\CCCCCCCC(=O)OCCCCCCCCCCCCCC(=O)NC(CO)C(O)/C=C/CCCCCCCCCCCCCCCC. The maximum Gasteiger partial charge on any atom is 0.305 e. The van der Waals surface area contributed by atoms with E-state index in [9.17, 15) is 19.8 Å². The van der Waals surface area contributed by atoms with Crippen molar-refractivity contribution >= 4 is 11.9 Å². The highest BCUT2D eigenvalue weighted by Gasteiger charge is 2.18. The number of allylic oxidation sites excluding steroid dienone is 3. The van der Waals surface area contributed by atoms with Crippen molar-refractivity contribution in [3.8, 4) is 0 Å². The highest BCUT2D eigenvalue weighted by atomic mass is 16.5. The molecule has 0 saturated carbocycles. The van der Waals surface area contributed by atoms with Crippen molar-refractivity contribution in [2.75, 3.05) is 13.2 Å². The number of hydrogen-bond donors (Lipinski definition) is 3.